The number of rotatable bonds is 2. The molecule has 0 spiro atoms. The number of fused-ring (bicyclic) bond motifs is 3. The number of methoxy groups -OCH3 is 1. The Labute approximate surface area is 127 Å². The predicted molar refractivity (Wildman–Crippen MR) is 83.1 cm³/mol. The maximum Gasteiger partial charge on any atom is 0.119 e. The summed E-state index contributed by atoms with van der Waals surface area (Å²) in [6.07, 6.45) is 4.94. The van der Waals surface area contributed by atoms with Crippen LogP contribution in [-0.4, -0.2) is 12.6 Å². The molecule has 21 heavy (non-hydrogen) atoms. The number of hydrogen-bond acceptors (Lipinski definition) is 3. The number of ether oxygens (including phenoxy) is 1. The smallest absolute Gasteiger partial charge is 0.119 e. The van der Waals surface area contributed by atoms with Crippen molar-refractivity contribution in [2.45, 2.75) is 50.5 Å². The number of aryl methyl sites for hydroxylation is 1. The maximum absolute atomic E-state index is 9.18. The Bertz CT molecular complexity index is 573. The van der Waals surface area contributed by atoms with Crippen LogP contribution in [0.4, 0.5) is 0 Å². The molecule has 112 valence electrons. The van der Waals surface area contributed by atoms with Gasteiger partial charge < -0.3 is 10.5 Å². The highest BCUT2D eigenvalue weighted by atomic mass is 16.5. The fourth-order valence-electron chi connectivity index (χ4n) is 4.52. The Morgan fingerprint density at radius 3 is 2.95 bits per heavy atom. The summed E-state index contributed by atoms with van der Waals surface area (Å²) in [6, 6.07) is 8.85. The van der Waals surface area contributed by atoms with Crippen LogP contribution in [0, 0.1) is 23.2 Å². The van der Waals surface area contributed by atoms with Gasteiger partial charge in [-0.1, -0.05) is 6.07 Å². The van der Waals surface area contributed by atoms with Crippen LogP contribution in [0.3, 0.4) is 0 Å². The largest absolute Gasteiger partial charge is 0.497 e. The molecule has 0 aliphatic heterocycles. The first-order valence-corrected chi connectivity index (χ1v) is 7.89. The minimum atomic E-state index is -0.194. The molecule has 1 aromatic carbocycles. The van der Waals surface area contributed by atoms with E-state index in [1.54, 1.807) is 7.11 Å². The standard InChI is InChI=1S/C18H24N2O/c1-18(20)9-7-15-14-6-4-13(21-2)11-12(14)3-5-16(15)17(18)8-10-19/h4,6,11,15-17H,3,5,7-9,20H2,1-2H3/t15-,16-,17+,18+/m1/s1. The Kier molecular flexibility index (Phi) is 3.67. The zero-order valence-electron chi connectivity index (χ0n) is 12.9. The van der Waals surface area contributed by atoms with E-state index < -0.39 is 0 Å². The summed E-state index contributed by atoms with van der Waals surface area (Å²) in [4.78, 5) is 0. The molecular formula is C18H24N2O. The van der Waals surface area contributed by atoms with Crippen molar-refractivity contribution in [1.29, 1.82) is 5.26 Å². The van der Waals surface area contributed by atoms with Gasteiger partial charge in [0.25, 0.3) is 0 Å². The second kappa shape index (κ2) is 5.35. The van der Waals surface area contributed by atoms with Crippen LogP contribution in [0.25, 0.3) is 0 Å². The van der Waals surface area contributed by atoms with Crippen LogP contribution in [0.2, 0.25) is 0 Å². The number of nitriles is 1. The van der Waals surface area contributed by atoms with Gasteiger partial charge in [0, 0.05) is 12.0 Å². The molecule has 0 amide bonds. The molecule has 0 unspecified atom stereocenters. The van der Waals surface area contributed by atoms with Crippen LogP contribution in [0.15, 0.2) is 18.2 Å². The zero-order valence-corrected chi connectivity index (χ0v) is 12.9. The molecule has 4 atom stereocenters. The zero-order chi connectivity index (χ0) is 15.0. The number of hydrogen-bond donors (Lipinski definition) is 1. The van der Waals surface area contributed by atoms with Crippen LogP contribution in [0.1, 0.15) is 49.7 Å². The Morgan fingerprint density at radius 1 is 1.43 bits per heavy atom. The highest BCUT2D eigenvalue weighted by Gasteiger charge is 2.46. The predicted octanol–water partition coefficient (Wildman–Crippen LogP) is 3.38. The molecule has 3 rings (SSSR count). The molecule has 1 aromatic rings. The quantitative estimate of drug-likeness (QED) is 0.905. The fourth-order valence-corrected chi connectivity index (χ4v) is 4.52. The summed E-state index contributed by atoms with van der Waals surface area (Å²) in [5.41, 5.74) is 9.20. The number of benzene rings is 1. The highest BCUT2D eigenvalue weighted by Crippen LogP contribution is 2.51. The highest BCUT2D eigenvalue weighted by molar-refractivity contribution is 5.40. The summed E-state index contributed by atoms with van der Waals surface area (Å²) < 4.78 is 5.35. The van der Waals surface area contributed by atoms with E-state index >= 15 is 0 Å². The van der Waals surface area contributed by atoms with E-state index in [1.165, 1.54) is 11.1 Å². The van der Waals surface area contributed by atoms with Crippen LogP contribution in [0.5, 0.6) is 5.75 Å². The third-order valence-corrected chi connectivity index (χ3v) is 5.68. The van der Waals surface area contributed by atoms with E-state index in [0.29, 0.717) is 24.2 Å². The van der Waals surface area contributed by atoms with Gasteiger partial charge in [-0.2, -0.15) is 5.26 Å². The van der Waals surface area contributed by atoms with Crippen molar-refractivity contribution in [1.82, 2.24) is 0 Å². The molecule has 0 aromatic heterocycles. The van der Waals surface area contributed by atoms with Gasteiger partial charge in [0.05, 0.1) is 13.2 Å². The van der Waals surface area contributed by atoms with E-state index in [-0.39, 0.29) is 5.54 Å². The molecular weight excluding hydrogens is 260 g/mol. The molecule has 3 nitrogen and oxygen atoms in total. The Balaban J connectivity index is 1.95. The lowest BCUT2D eigenvalue weighted by Crippen LogP contribution is -2.52. The van der Waals surface area contributed by atoms with Gasteiger partial charge in [0.15, 0.2) is 0 Å². The molecule has 1 fully saturated rings. The molecule has 0 heterocycles. The number of nitrogens with zero attached hydrogens (tertiary/aromatic N) is 1. The van der Waals surface area contributed by atoms with Gasteiger partial charge in [-0.3, -0.25) is 0 Å². The van der Waals surface area contributed by atoms with Crippen LogP contribution < -0.4 is 10.5 Å². The SMILES string of the molecule is COc1ccc2c(c1)CC[C@@H]1[C@@H]2CC[C@](C)(N)[C@H]1CC#N. The second-order valence-corrected chi connectivity index (χ2v) is 6.89. The van der Waals surface area contributed by atoms with E-state index in [2.05, 4.69) is 31.2 Å². The van der Waals surface area contributed by atoms with Gasteiger partial charge in [0.1, 0.15) is 5.75 Å². The van der Waals surface area contributed by atoms with Gasteiger partial charge in [-0.15, -0.1) is 0 Å². The van der Waals surface area contributed by atoms with Crippen molar-refractivity contribution in [3.8, 4) is 11.8 Å². The third-order valence-electron chi connectivity index (χ3n) is 5.68. The third kappa shape index (κ3) is 2.42. The average Bonchev–Trinajstić information content (AvgIpc) is 2.49. The van der Waals surface area contributed by atoms with E-state index in [9.17, 15) is 5.26 Å². The minimum absolute atomic E-state index is 0.194. The molecule has 3 heteroatoms. The normalized spacial score (nSPS) is 34.5. The van der Waals surface area contributed by atoms with Gasteiger partial charge >= 0.3 is 0 Å². The molecule has 2 aliphatic carbocycles. The first-order chi connectivity index (χ1) is 10.1. The van der Waals surface area contributed by atoms with Crippen molar-refractivity contribution in [2.75, 3.05) is 7.11 Å². The summed E-state index contributed by atoms with van der Waals surface area (Å²) in [7, 11) is 1.72. The van der Waals surface area contributed by atoms with Gasteiger partial charge in [0.2, 0.25) is 0 Å². The van der Waals surface area contributed by atoms with Crippen LogP contribution in [-0.2, 0) is 6.42 Å². The summed E-state index contributed by atoms with van der Waals surface area (Å²) in [5.74, 6) is 2.38. The summed E-state index contributed by atoms with van der Waals surface area (Å²) >= 11 is 0. The van der Waals surface area contributed by atoms with Gasteiger partial charge in [-0.05, 0) is 73.6 Å². The maximum atomic E-state index is 9.18. The molecule has 1 saturated carbocycles. The van der Waals surface area contributed by atoms with E-state index in [0.717, 1.165) is 31.4 Å². The van der Waals surface area contributed by atoms with Gasteiger partial charge in [-0.25, -0.2) is 0 Å². The minimum Gasteiger partial charge on any atom is -0.497 e. The molecule has 0 bridgehead atoms. The summed E-state index contributed by atoms with van der Waals surface area (Å²) in [5, 5.41) is 9.18. The molecule has 2 aliphatic rings. The fraction of sp³-hybridized carbons (Fsp3) is 0.611. The second-order valence-electron chi connectivity index (χ2n) is 6.89. The Hall–Kier alpha value is -1.53. The topological polar surface area (TPSA) is 59.0 Å². The van der Waals surface area contributed by atoms with E-state index in [1.807, 2.05) is 0 Å². The molecule has 2 N–H and O–H groups in total. The molecule has 0 radical (unpaired) electrons. The van der Waals surface area contributed by atoms with Crippen molar-refractivity contribution in [3.05, 3.63) is 29.3 Å². The van der Waals surface area contributed by atoms with Crippen LogP contribution >= 0.6 is 0 Å². The lowest BCUT2D eigenvalue weighted by atomic mass is 9.57. The molecule has 0 saturated heterocycles. The van der Waals surface area contributed by atoms with Crippen molar-refractivity contribution < 1.29 is 4.74 Å². The van der Waals surface area contributed by atoms with Crippen molar-refractivity contribution in [3.63, 3.8) is 0 Å². The van der Waals surface area contributed by atoms with Crippen molar-refractivity contribution in [2.24, 2.45) is 17.6 Å². The monoisotopic (exact) mass is 284 g/mol. The number of nitrogens with two attached hydrogens (primary N) is 1. The lowest BCUT2D eigenvalue weighted by Gasteiger charge is -2.49. The lowest BCUT2D eigenvalue weighted by molar-refractivity contribution is 0.0989. The summed E-state index contributed by atoms with van der Waals surface area (Å²) in [6.45, 7) is 2.13. The first kappa shape index (κ1) is 14.4. The average molecular weight is 284 g/mol. The first-order valence-electron chi connectivity index (χ1n) is 7.89. The van der Waals surface area contributed by atoms with Crippen molar-refractivity contribution >= 4 is 0 Å². The Morgan fingerprint density at radius 2 is 2.24 bits per heavy atom. The van der Waals surface area contributed by atoms with E-state index in [4.69, 9.17) is 10.5 Å².